The Hall–Kier alpha value is -1.85. The summed E-state index contributed by atoms with van der Waals surface area (Å²) < 4.78 is 188. The Morgan fingerprint density at radius 1 is 0.933 bits per heavy atom. The average Bonchev–Trinajstić information content (AvgIpc) is 2.46. The molecule has 0 amide bonds. The normalized spacial score (nSPS) is 30.7. The van der Waals surface area contributed by atoms with Crippen molar-refractivity contribution in [3.05, 3.63) is 12.2 Å². The minimum absolute atomic E-state index is 1.86. The highest BCUT2D eigenvalue weighted by atomic mass is 19.4. The highest BCUT2D eigenvalue weighted by Crippen LogP contribution is 2.61. The molecule has 1 fully saturated rings. The molecule has 0 bridgehead atoms. The van der Waals surface area contributed by atoms with Gasteiger partial charge in [0, 0.05) is 6.42 Å². The molecule has 0 saturated carbocycles. The van der Waals surface area contributed by atoms with Crippen LogP contribution in [0.25, 0.3) is 0 Å². The van der Waals surface area contributed by atoms with Crippen molar-refractivity contribution < 1.29 is 80.8 Å². The van der Waals surface area contributed by atoms with Crippen molar-refractivity contribution in [2.75, 3.05) is 0 Å². The van der Waals surface area contributed by atoms with Crippen molar-refractivity contribution in [2.45, 2.75) is 54.5 Å². The van der Waals surface area contributed by atoms with Gasteiger partial charge in [-0.3, -0.25) is 0 Å². The molecule has 3 atom stereocenters. The summed E-state index contributed by atoms with van der Waals surface area (Å²) in [7, 11) is 0. The Morgan fingerprint density at radius 3 is 1.67 bits per heavy atom. The fraction of sp³-hybridized carbons (Fsp3) is 0.750. The van der Waals surface area contributed by atoms with Gasteiger partial charge in [0.05, 0.1) is 0 Å². The summed E-state index contributed by atoms with van der Waals surface area (Å²) in [5.41, 5.74) is -9.22. The predicted molar refractivity (Wildman–Crippen MR) is 61.6 cm³/mol. The number of esters is 1. The Kier molecular flexibility index (Phi) is 5.96. The van der Waals surface area contributed by atoms with Crippen molar-refractivity contribution in [3.63, 3.8) is 0 Å². The predicted octanol–water partition coefficient (Wildman–Crippen LogP) is 4.19. The number of alkyl halides is 14. The minimum atomic E-state index is -7.08. The summed E-state index contributed by atoms with van der Waals surface area (Å²) in [6, 6.07) is 0. The van der Waals surface area contributed by atoms with E-state index in [-0.39, 0.29) is 0 Å². The number of carbonyl (C=O) groups is 1. The fourth-order valence-electron chi connectivity index (χ4n) is 2.20. The van der Waals surface area contributed by atoms with Crippen LogP contribution in [-0.4, -0.2) is 59.2 Å². The van der Waals surface area contributed by atoms with E-state index in [0.717, 1.165) is 0 Å². The molecule has 30 heavy (non-hydrogen) atoms. The first-order valence-corrected chi connectivity index (χ1v) is 6.83. The second kappa shape index (κ2) is 6.83. The van der Waals surface area contributed by atoms with Gasteiger partial charge in [0.1, 0.15) is 5.57 Å². The van der Waals surface area contributed by atoms with Gasteiger partial charge in [-0.1, -0.05) is 6.58 Å². The van der Waals surface area contributed by atoms with Crippen LogP contribution in [0.4, 0.5) is 61.5 Å². The monoisotopic (exact) mass is 480 g/mol. The summed E-state index contributed by atoms with van der Waals surface area (Å²) in [4.78, 5) is 11.3. The maximum atomic E-state index is 14.3. The van der Waals surface area contributed by atoms with Crippen LogP contribution in [0.1, 0.15) is 6.42 Å². The molecule has 1 heterocycles. The molecule has 1 aliphatic rings. The number of halogens is 14. The molecule has 0 aromatic rings. The number of hydrogen-bond donors (Lipinski definition) is 1. The third kappa shape index (κ3) is 3.90. The van der Waals surface area contributed by atoms with Crippen molar-refractivity contribution >= 4 is 5.97 Å². The maximum Gasteiger partial charge on any atom is 0.449 e. The zero-order valence-corrected chi connectivity index (χ0v) is 13.5. The molecule has 3 unspecified atom stereocenters. The number of aliphatic hydroxyl groups is 1. The van der Waals surface area contributed by atoms with Gasteiger partial charge in [-0.05, 0) is 0 Å². The highest BCUT2D eigenvalue weighted by Gasteiger charge is 2.90. The van der Waals surface area contributed by atoms with Crippen LogP contribution in [0.15, 0.2) is 12.2 Å². The first-order chi connectivity index (χ1) is 12.9. The second-order valence-corrected chi connectivity index (χ2v) is 5.76. The minimum Gasteiger partial charge on any atom is -0.439 e. The third-order valence-electron chi connectivity index (χ3n) is 3.78. The van der Waals surface area contributed by atoms with Gasteiger partial charge in [-0.15, -0.1) is 0 Å². The lowest BCUT2D eigenvalue weighted by molar-refractivity contribution is -0.517. The SMILES string of the molecule is C=C(C(=O)OC1(C(F)(F)F)CC(C(F)(F)F)OC(O)(C(F)(F)F)C1(F)F)C(F)(F)F. The lowest BCUT2D eigenvalue weighted by Gasteiger charge is -2.52. The molecule has 1 rings (SSSR count). The van der Waals surface area contributed by atoms with Crippen molar-refractivity contribution in [2.24, 2.45) is 0 Å². The van der Waals surface area contributed by atoms with E-state index in [9.17, 15) is 66.3 Å². The average molecular weight is 480 g/mol. The standard InChI is InChI=1S/C12H6F14O4/c1-3(7(13,14)15)5(27)30-6(11(21,22)23)2-4(8(16,17)18)29-10(28,9(6,19)20)12(24,25)26/h4,28H,1-2H2. The Bertz CT molecular complexity index is 702. The number of hydrogen-bond acceptors (Lipinski definition) is 4. The maximum absolute atomic E-state index is 14.3. The van der Waals surface area contributed by atoms with Crippen LogP contribution >= 0.6 is 0 Å². The van der Waals surface area contributed by atoms with Crippen molar-refractivity contribution in [3.8, 4) is 0 Å². The van der Waals surface area contributed by atoms with E-state index < -0.39 is 66.1 Å². The quantitative estimate of drug-likeness (QED) is 0.366. The summed E-state index contributed by atoms with van der Waals surface area (Å²) in [5, 5.41) is 9.05. The smallest absolute Gasteiger partial charge is 0.439 e. The van der Waals surface area contributed by atoms with E-state index in [1.807, 2.05) is 6.58 Å². The fourth-order valence-corrected chi connectivity index (χ4v) is 2.20. The van der Waals surface area contributed by atoms with E-state index in [2.05, 4.69) is 9.47 Å². The van der Waals surface area contributed by atoms with E-state index >= 15 is 0 Å². The van der Waals surface area contributed by atoms with Gasteiger partial charge in [0.25, 0.3) is 5.60 Å². The van der Waals surface area contributed by atoms with Crippen LogP contribution < -0.4 is 0 Å². The van der Waals surface area contributed by atoms with Gasteiger partial charge < -0.3 is 14.6 Å². The molecule has 18 heteroatoms. The molecular formula is C12H6F14O4. The van der Waals surface area contributed by atoms with Gasteiger partial charge in [0.2, 0.25) is 0 Å². The second-order valence-electron chi connectivity index (χ2n) is 5.76. The van der Waals surface area contributed by atoms with Crippen LogP contribution in [0.2, 0.25) is 0 Å². The number of ether oxygens (including phenoxy) is 2. The van der Waals surface area contributed by atoms with Gasteiger partial charge in [-0.2, -0.15) is 61.5 Å². The first kappa shape index (κ1) is 26.2. The van der Waals surface area contributed by atoms with E-state index in [4.69, 9.17) is 5.11 Å². The summed E-state index contributed by atoms with van der Waals surface area (Å²) in [6.45, 7) is 1.86. The lowest BCUT2D eigenvalue weighted by atomic mass is 9.79. The van der Waals surface area contributed by atoms with Crippen molar-refractivity contribution in [1.82, 2.24) is 0 Å². The van der Waals surface area contributed by atoms with Crippen molar-refractivity contribution in [1.29, 1.82) is 0 Å². The molecule has 1 saturated heterocycles. The first-order valence-electron chi connectivity index (χ1n) is 6.83. The molecule has 1 N–H and O–H groups in total. The van der Waals surface area contributed by atoms with Gasteiger partial charge in [-0.25, -0.2) is 4.79 Å². The van der Waals surface area contributed by atoms with E-state index in [1.165, 1.54) is 0 Å². The molecule has 4 nitrogen and oxygen atoms in total. The Labute approximate surface area is 155 Å². The topological polar surface area (TPSA) is 55.8 Å². The Balaban J connectivity index is 3.84. The van der Waals surface area contributed by atoms with Crippen LogP contribution in [0, 0.1) is 0 Å². The molecule has 0 spiro atoms. The zero-order valence-electron chi connectivity index (χ0n) is 13.5. The molecule has 0 radical (unpaired) electrons. The molecule has 0 aromatic carbocycles. The number of rotatable bonds is 2. The van der Waals surface area contributed by atoms with Crippen LogP contribution in [-0.2, 0) is 14.3 Å². The molecular weight excluding hydrogens is 474 g/mol. The summed E-state index contributed by atoms with van der Waals surface area (Å²) in [5.74, 6) is -17.1. The lowest BCUT2D eigenvalue weighted by Crippen LogP contribution is -2.80. The van der Waals surface area contributed by atoms with Gasteiger partial charge in [0.15, 0.2) is 6.10 Å². The summed E-state index contributed by atoms with van der Waals surface area (Å²) >= 11 is 0. The Morgan fingerprint density at radius 2 is 1.37 bits per heavy atom. The highest BCUT2D eigenvalue weighted by molar-refractivity contribution is 5.89. The van der Waals surface area contributed by atoms with E-state index in [0.29, 0.717) is 0 Å². The molecule has 0 aromatic heterocycles. The van der Waals surface area contributed by atoms with Crippen LogP contribution in [0.5, 0.6) is 0 Å². The molecule has 0 aliphatic carbocycles. The molecule has 176 valence electrons. The largest absolute Gasteiger partial charge is 0.449 e. The van der Waals surface area contributed by atoms with Gasteiger partial charge >= 0.3 is 42.4 Å². The molecule has 1 aliphatic heterocycles. The third-order valence-corrected chi connectivity index (χ3v) is 3.78. The van der Waals surface area contributed by atoms with E-state index in [1.54, 1.807) is 0 Å². The summed E-state index contributed by atoms with van der Waals surface area (Å²) in [6.07, 6.45) is -34.3. The number of carbonyl (C=O) groups excluding carboxylic acids is 1. The van der Waals surface area contributed by atoms with Crippen LogP contribution in [0.3, 0.4) is 0 Å². The zero-order chi connectivity index (χ0) is 24.4.